The lowest BCUT2D eigenvalue weighted by Crippen LogP contribution is -2.45. The number of carbonyl (C=O) groups is 2. The standard InChI is InChI=1S/C23H33N3O2/c27-22(24-16-6-11-19-9-2-1-3-10-19)15-7-17-25-23(28)26-18-8-13-20-12-4-5-14-21(20)26/h1-3,9-10,14,20H,4-8,11-13,15-18H2,(H,24,27)(H,25,28). The van der Waals surface area contributed by atoms with Gasteiger partial charge in [-0.3, -0.25) is 9.69 Å². The van der Waals surface area contributed by atoms with Gasteiger partial charge in [0, 0.05) is 31.8 Å². The molecule has 1 fully saturated rings. The van der Waals surface area contributed by atoms with Crippen LogP contribution in [0, 0.1) is 5.92 Å². The molecule has 1 saturated heterocycles. The summed E-state index contributed by atoms with van der Waals surface area (Å²) in [6, 6.07) is 10.3. The molecule has 2 aliphatic rings. The zero-order chi connectivity index (χ0) is 19.6. The van der Waals surface area contributed by atoms with E-state index in [-0.39, 0.29) is 11.9 Å². The van der Waals surface area contributed by atoms with Crippen LogP contribution in [0.25, 0.3) is 0 Å². The Balaban J connectivity index is 1.27. The monoisotopic (exact) mass is 383 g/mol. The summed E-state index contributed by atoms with van der Waals surface area (Å²) in [6.45, 7) is 2.06. The van der Waals surface area contributed by atoms with Gasteiger partial charge in [0.1, 0.15) is 0 Å². The normalized spacial score (nSPS) is 18.8. The topological polar surface area (TPSA) is 61.4 Å². The maximum absolute atomic E-state index is 12.5. The largest absolute Gasteiger partial charge is 0.356 e. The molecule has 0 aromatic heterocycles. The van der Waals surface area contributed by atoms with Gasteiger partial charge in [-0.1, -0.05) is 36.4 Å². The second-order valence-corrected chi connectivity index (χ2v) is 7.83. The number of urea groups is 1. The molecule has 152 valence electrons. The number of hydrogen-bond acceptors (Lipinski definition) is 2. The minimum absolute atomic E-state index is 0.00104. The summed E-state index contributed by atoms with van der Waals surface area (Å²) >= 11 is 0. The molecule has 2 N–H and O–H groups in total. The predicted octanol–water partition coefficient (Wildman–Crippen LogP) is 4.01. The van der Waals surface area contributed by atoms with Crippen molar-refractivity contribution in [3.63, 3.8) is 0 Å². The number of fused-ring (bicyclic) bond motifs is 1. The number of aryl methyl sites for hydroxylation is 1. The molecule has 0 saturated carbocycles. The SMILES string of the molecule is O=C(CCCNC(=O)N1CCCC2CCCC=C21)NCCCc1ccccc1. The first-order valence-electron chi connectivity index (χ1n) is 10.8. The van der Waals surface area contributed by atoms with Crippen LogP contribution in [-0.2, 0) is 11.2 Å². The Morgan fingerprint density at radius 2 is 1.79 bits per heavy atom. The second kappa shape index (κ2) is 10.9. The minimum Gasteiger partial charge on any atom is -0.356 e. The maximum atomic E-state index is 12.5. The molecule has 28 heavy (non-hydrogen) atoms. The van der Waals surface area contributed by atoms with Crippen LogP contribution in [0.1, 0.15) is 56.9 Å². The Morgan fingerprint density at radius 3 is 2.64 bits per heavy atom. The van der Waals surface area contributed by atoms with Crippen molar-refractivity contribution >= 4 is 11.9 Å². The molecule has 1 aliphatic heterocycles. The fraction of sp³-hybridized carbons (Fsp3) is 0.565. The van der Waals surface area contributed by atoms with Crippen LogP contribution in [0.5, 0.6) is 0 Å². The second-order valence-electron chi connectivity index (χ2n) is 7.83. The van der Waals surface area contributed by atoms with Crippen molar-refractivity contribution in [2.24, 2.45) is 5.92 Å². The first kappa shape index (κ1) is 20.4. The Bertz CT molecular complexity index is 672. The van der Waals surface area contributed by atoms with Crippen molar-refractivity contribution in [1.29, 1.82) is 0 Å². The van der Waals surface area contributed by atoms with Gasteiger partial charge in [-0.2, -0.15) is 0 Å². The minimum atomic E-state index is 0.00104. The van der Waals surface area contributed by atoms with Gasteiger partial charge in [0.25, 0.3) is 0 Å². The Kier molecular flexibility index (Phi) is 7.94. The van der Waals surface area contributed by atoms with Crippen LogP contribution in [0.3, 0.4) is 0 Å². The number of likely N-dealkylation sites (tertiary alicyclic amines) is 1. The molecule has 1 atom stereocenters. The highest BCUT2D eigenvalue weighted by Crippen LogP contribution is 2.34. The predicted molar refractivity (Wildman–Crippen MR) is 112 cm³/mol. The molecule has 1 aromatic carbocycles. The smallest absolute Gasteiger partial charge is 0.321 e. The van der Waals surface area contributed by atoms with Gasteiger partial charge in [0.05, 0.1) is 0 Å². The molecule has 1 aliphatic carbocycles. The highest BCUT2D eigenvalue weighted by atomic mass is 16.2. The quantitative estimate of drug-likeness (QED) is 0.667. The molecule has 3 rings (SSSR count). The molecule has 1 heterocycles. The lowest BCUT2D eigenvalue weighted by Gasteiger charge is -2.37. The molecule has 3 amide bonds. The summed E-state index contributed by atoms with van der Waals surface area (Å²) in [7, 11) is 0. The first-order valence-corrected chi connectivity index (χ1v) is 10.8. The average Bonchev–Trinajstić information content (AvgIpc) is 2.74. The van der Waals surface area contributed by atoms with Crippen molar-refractivity contribution in [2.75, 3.05) is 19.6 Å². The van der Waals surface area contributed by atoms with E-state index in [1.54, 1.807) is 0 Å². The highest BCUT2D eigenvalue weighted by molar-refractivity contribution is 5.77. The van der Waals surface area contributed by atoms with Crippen molar-refractivity contribution < 1.29 is 9.59 Å². The van der Waals surface area contributed by atoms with Crippen LogP contribution in [-0.4, -0.2) is 36.5 Å². The fourth-order valence-corrected chi connectivity index (χ4v) is 4.19. The van der Waals surface area contributed by atoms with Gasteiger partial charge in [0.2, 0.25) is 5.91 Å². The lowest BCUT2D eigenvalue weighted by molar-refractivity contribution is -0.121. The number of amides is 3. The van der Waals surface area contributed by atoms with Crippen LogP contribution in [0.15, 0.2) is 42.1 Å². The van der Waals surface area contributed by atoms with E-state index in [2.05, 4.69) is 28.8 Å². The molecule has 5 heteroatoms. The number of benzene rings is 1. The first-order chi connectivity index (χ1) is 13.7. The zero-order valence-corrected chi connectivity index (χ0v) is 16.8. The van der Waals surface area contributed by atoms with Crippen LogP contribution in [0.4, 0.5) is 4.79 Å². The Hall–Kier alpha value is -2.30. The van der Waals surface area contributed by atoms with E-state index < -0.39 is 0 Å². The van der Waals surface area contributed by atoms with E-state index in [0.717, 1.165) is 32.2 Å². The van der Waals surface area contributed by atoms with Gasteiger partial charge < -0.3 is 10.6 Å². The molecule has 1 aromatic rings. The van der Waals surface area contributed by atoms with Crippen molar-refractivity contribution in [2.45, 2.75) is 57.8 Å². The molecule has 1 unspecified atom stereocenters. The van der Waals surface area contributed by atoms with Crippen LogP contribution in [0.2, 0.25) is 0 Å². The number of allylic oxidation sites excluding steroid dienone is 2. The van der Waals surface area contributed by atoms with Crippen molar-refractivity contribution in [3.8, 4) is 0 Å². The van der Waals surface area contributed by atoms with Crippen molar-refractivity contribution in [3.05, 3.63) is 47.7 Å². The van der Waals surface area contributed by atoms with E-state index in [0.29, 0.717) is 31.8 Å². The maximum Gasteiger partial charge on any atom is 0.321 e. The molecular formula is C23H33N3O2. The van der Waals surface area contributed by atoms with E-state index in [1.807, 2.05) is 23.1 Å². The zero-order valence-electron chi connectivity index (χ0n) is 16.8. The molecule has 0 bridgehead atoms. The van der Waals surface area contributed by atoms with Crippen LogP contribution < -0.4 is 10.6 Å². The third-order valence-corrected chi connectivity index (χ3v) is 5.68. The summed E-state index contributed by atoms with van der Waals surface area (Å²) < 4.78 is 0. The highest BCUT2D eigenvalue weighted by Gasteiger charge is 2.29. The number of nitrogens with zero attached hydrogens (tertiary/aromatic N) is 1. The third kappa shape index (κ3) is 6.11. The van der Waals surface area contributed by atoms with Gasteiger partial charge in [-0.15, -0.1) is 0 Å². The third-order valence-electron chi connectivity index (χ3n) is 5.68. The number of nitrogens with one attached hydrogen (secondary N) is 2. The van der Waals surface area contributed by atoms with Crippen LogP contribution >= 0.6 is 0 Å². The molecule has 5 nitrogen and oxygen atoms in total. The lowest BCUT2D eigenvalue weighted by atomic mass is 9.85. The van der Waals surface area contributed by atoms with Gasteiger partial charge in [-0.05, 0) is 62.8 Å². The van der Waals surface area contributed by atoms with E-state index in [1.165, 1.54) is 30.5 Å². The van der Waals surface area contributed by atoms with Crippen molar-refractivity contribution in [1.82, 2.24) is 15.5 Å². The molecular weight excluding hydrogens is 350 g/mol. The fourth-order valence-electron chi connectivity index (χ4n) is 4.19. The number of hydrogen-bond donors (Lipinski definition) is 2. The van der Waals surface area contributed by atoms with E-state index in [4.69, 9.17) is 0 Å². The summed E-state index contributed by atoms with van der Waals surface area (Å²) in [6.07, 6.45) is 11.1. The van der Waals surface area contributed by atoms with Gasteiger partial charge in [-0.25, -0.2) is 4.79 Å². The Labute approximate surface area is 168 Å². The summed E-state index contributed by atoms with van der Waals surface area (Å²) in [5, 5.41) is 5.97. The summed E-state index contributed by atoms with van der Waals surface area (Å²) in [4.78, 5) is 26.4. The Morgan fingerprint density at radius 1 is 1.00 bits per heavy atom. The number of piperidine rings is 1. The molecule has 0 spiro atoms. The van der Waals surface area contributed by atoms with E-state index >= 15 is 0 Å². The van der Waals surface area contributed by atoms with Gasteiger partial charge in [0.15, 0.2) is 0 Å². The summed E-state index contributed by atoms with van der Waals surface area (Å²) in [5.74, 6) is 0.630. The number of rotatable bonds is 8. The van der Waals surface area contributed by atoms with Gasteiger partial charge >= 0.3 is 6.03 Å². The number of carbonyl (C=O) groups excluding carboxylic acids is 2. The van der Waals surface area contributed by atoms with E-state index in [9.17, 15) is 9.59 Å². The molecule has 0 radical (unpaired) electrons. The average molecular weight is 384 g/mol. The summed E-state index contributed by atoms with van der Waals surface area (Å²) in [5.41, 5.74) is 2.53.